The van der Waals surface area contributed by atoms with Gasteiger partial charge in [-0.3, -0.25) is 0 Å². The molecule has 0 aliphatic heterocycles. The molecule has 3 rings (SSSR count). The molecule has 0 amide bonds. The van der Waals surface area contributed by atoms with E-state index in [9.17, 15) is 4.79 Å². The van der Waals surface area contributed by atoms with Crippen molar-refractivity contribution >= 4 is 15.9 Å². The Kier molecular flexibility index (Phi) is 3.66. The highest BCUT2D eigenvalue weighted by Gasteiger charge is 2.17. The minimum Gasteiger partial charge on any atom is -0.497 e. The predicted octanol–water partition coefficient (Wildman–Crippen LogP) is 3.87. The van der Waals surface area contributed by atoms with Gasteiger partial charge in [0.05, 0.1) is 12.8 Å². The monoisotopic (exact) mass is 345 g/mol. The van der Waals surface area contributed by atoms with Crippen LogP contribution in [0, 0.1) is 0 Å². The predicted molar refractivity (Wildman–Crippen MR) is 84.0 cm³/mol. The van der Waals surface area contributed by atoms with Crippen LogP contribution in [0.5, 0.6) is 5.75 Å². The van der Waals surface area contributed by atoms with E-state index in [1.807, 2.05) is 54.6 Å². The molecular weight excluding hydrogens is 334 g/mol. The second-order valence-electron chi connectivity index (χ2n) is 4.39. The first-order chi connectivity index (χ1) is 10.2. The van der Waals surface area contributed by atoms with Crippen LogP contribution in [0.15, 0.2) is 68.4 Å². The zero-order chi connectivity index (χ0) is 14.8. The molecule has 0 aliphatic carbocycles. The molecule has 1 aromatic heterocycles. The van der Waals surface area contributed by atoms with E-state index in [2.05, 4.69) is 15.9 Å². The molecule has 0 saturated heterocycles. The summed E-state index contributed by atoms with van der Waals surface area (Å²) in [5.74, 6) is 0.810. The minimum atomic E-state index is -0.432. The molecule has 106 valence electrons. The number of ether oxygens (including phenoxy) is 1. The Bertz CT molecular complexity index is 804. The summed E-state index contributed by atoms with van der Waals surface area (Å²) < 4.78 is 12.6. The Morgan fingerprint density at radius 1 is 1.05 bits per heavy atom. The molecule has 21 heavy (non-hydrogen) atoms. The zero-order valence-corrected chi connectivity index (χ0v) is 12.8. The van der Waals surface area contributed by atoms with E-state index in [1.165, 1.54) is 4.57 Å². The van der Waals surface area contributed by atoms with E-state index in [0.29, 0.717) is 10.4 Å². The number of methoxy groups -OCH3 is 1. The highest BCUT2D eigenvalue weighted by molar-refractivity contribution is 9.10. The van der Waals surface area contributed by atoms with Gasteiger partial charge in [0, 0.05) is 5.56 Å². The van der Waals surface area contributed by atoms with E-state index in [4.69, 9.17) is 9.15 Å². The van der Waals surface area contributed by atoms with Gasteiger partial charge in [0.25, 0.3) is 0 Å². The number of rotatable bonds is 3. The van der Waals surface area contributed by atoms with E-state index in [0.717, 1.165) is 17.0 Å². The molecule has 0 bridgehead atoms. The fourth-order valence-corrected chi connectivity index (χ4v) is 2.73. The van der Waals surface area contributed by atoms with Crippen molar-refractivity contribution in [1.29, 1.82) is 0 Å². The number of nitrogens with zero attached hydrogens (tertiary/aromatic N) is 1. The molecule has 3 aromatic rings. The largest absolute Gasteiger partial charge is 0.497 e. The van der Waals surface area contributed by atoms with Crippen LogP contribution in [-0.2, 0) is 0 Å². The SMILES string of the molecule is COc1ccc(-c2oc(=O)n(-c3ccccc3)c2Br)cc1. The molecule has 0 atom stereocenters. The van der Waals surface area contributed by atoms with Crippen molar-refractivity contribution < 1.29 is 9.15 Å². The lowest BCUT2D eigenvalue weighted by molar-refractivity contribution is 0.415. The van der Waals surface area contributed by atoms with Crippen molar-refractivity contribution in [2.45, 2.75) is 0 Å². The Hall–Kier alpha value is -2.27. The van der Waals surface area contributed by atoms with Crippen molar-refractivity contribution in [1.82, 2.24) is 4.57 Å². The maximum Gasteiger partial charge on any atom is 0.425 e. The zero-order valence-electron chi connectivity index (χ0n) is 11.2. The molecule has 0 N–H and O–H groups in total. The van der Waals surface area contributed by atoms with Crippen molar-refractivity contribution in [3.8, 4) is 22.8 Å². The maximum absolute atomic E-state index is 12.1. The lowest BCUT2D eigenvalue weighted by atomic mass is 10.2. The van der Waals surface area contributed by atoms with E-state index in [-0.39, 0.29) is 0 Å². The van der Waals surface area contributed by atoms with Gasteiger partial charge in [0.15, 0.2) is 5.76 Å². The van der Waals surface area contributed by atoms with Crippen LogP contribution in [0.4, 0.5) is 0 Å². The van der Waals surface area contributed by atoms with Gasteiger partial charge in [0.1, 0.15) is 10.4 Å². The first-order valence-corrected chi connectivity index (χ1v) is 7.11. The van der Waals surface area contributed by atoms with Crippen molar-refractivity contribution in [3.05, 3.63) is 69.8 Å². The van der Waals surface area contributed by atoms with Crippen LogP contribution in [-0.4, -0.2) is 11.7 Å². The van der Waals surface area contributed by atoms with Gasteiger partial charge >= 0.3 is 5.76 Å². The molecule has 0 fully saturated rings. The van der Waals surface area contributed by atoms with Gasteiger partial charge in [-0.1, -0.05) is 18.2 Å². The topological polar surface area (TPSA) is 44.4 Å². The molecule has 0 aliphatic rings. The van der Waals surface area contributed by atoms with Crippen LogP contribution < -0.4 is 10.5 Å². The van der Waals surface area contributed by atoms with E-state index < -0.39 is 5.76 Å². The standard InChI is InChI=1S/C16H12BrNO3/c1-20-13-9-7-11(8-10-13)14-15(17)18(16(19)21-14)12-5-3-2-4-6-12/h2-10H,1H3. The molecule has 0 spiro atoms. The third-order valence-electron chi connectivity index (χ3n) is 3.12. The second-order valence-corrected chi connectivity index (χ2v) is 5.14. The van der Waals surface area contributed by atoms with Gasteiger partial charge in [-0.05, 0) is 52.3 Å². The first-order valence-electron chi connectivity index (χ1n) is 6.32. The Labute approximate surface area is 129 Å². The summed E-state index contributed by atoms with van der Waals surface area (Å²) in [5.41, 5.74) is 1.55. The first kappa shape index (κ1) is 13.7. The van der Waals surface area contributed by atoms with Gasteiger partial charge in [-0.25, -0.2) is 9.36 Å². The molecule has 5 heteroatoms. The molecule has 4 nitrogen and oxygen atoms in total. The number of halogens is 1. The third kappa shape index (κ3) is 2.52. The Morgan fingerprint density at radius 2 is 1.71 bits per heavy atom. The van der Waals surface area contributed by atoms with Crippen LogP contribution >= 0.6 is 15.9 Å². The van der Waals surface area contributed by atoms with E-state index >= 15 is 0 Å². The minimum absolute atomic E-state index is 0.432. The third-order valence-corrected chi connectivity index (χ3v) is 3.84. The summed E-state index contributed by atoms with van der Waals surface area (Å²) in [4.78, 5) is 12.1. The normalized spacial score (nSPS) is 10.6. The molecule has 0 saturated carbocycles. The van der Waals surface area contributed by atoms with Gasteiger partial charge in [-0.15, -0.1) is 0 Å². The summed E-state index contributed by atoms with van der Waals surface area (Å²) in [6.07, 6.45) is 0. The summed E-state index contributed by atoms with van der Waals surface area (Å²) >= 11 is 3.45. The van der Waals surface area contributed by atoms with Crippen LogP contribution in [0.2, 0.25) is 0 Å². The highest BCUT2D eigenvalue weighted by atomic mass is 79.9. The average molecular weight is 346 g/mol. The number of hydrogen-bond donors (Lipinski definition) is 0. The molecule has 2 aromatic carbocycles. The Balaban J connectivity index is 2.11. The average Bonchev–Trinajstić information content (AvgIpc) is 2.83. The molecule has 1 heterocycles. The highest BCUT2D eigenvalue weighted by Crippen LogP contribution is 2.30. The number of oxazole rings is 1. The quantitative estimate of drug-likeness (QED) is 0.723. The van der Waals surface area contributed by atoms with E-state index in [1.54, 1.807) is 7.11 Å². The van der Waals surface area contributed by atoms with Crippen LogP contribution in [0.25, 0.3) is 17.0 Å². The summed E-state index contributed by atoms with van der Waals surface area (Å²) in [5, 5.41) is 0. The number of para-hydroxylation sites is 1. The second kappa shape index (κ2) is 5.61. The fraction of sp³-hybridized carbons (Fsp3) is 0.0625. The fourth-order valence-electron chi connectivity index (χ4n) is 2.07. The van der Waals surface area contributed by atoms with Crippen molar-refractivity contribution in [3.63, 3.8) is 0 Å². The van der Waals surface area contributed by atoms with Crippen molar-refractivity contribution in [2.24, 2.45) is 0 Å². The summed E-state index contributed by atoms with van der Waals surface area (Å²) in [6, 6.07) is 16.7. The summed E-state index contributed by atoms with van der Waals surface area (Å²) in [6.45, 7) is 0. The van der Waals surface area contributed by atoms with Crippen LogP contribution in [0.3, 0.4) is 0 Å². The van der Waals surface area contributed by atoms with Crippen LogP contribution in [0.1, 0.15) is 0 Å². The smallest absolute Gasteiger partial charge is 0.425 e. The number of aromatic nitrogens is 1. The number of hydrogen-bond acceptors (Lipinski definition) is 3. The summed E-state index contributed by atoms with van der Waals surface area (Å²) in [7, 11) is 1.61. The molecule has 0 radical (unpaired) electrons. The van der Waals surface area contributed by atoms with Gasteiger partial charge in [0.2, 0.25) is 0 Å². The Morgan fingerprint density at radius 3 is 2.33 bits per heavy atom. The maximum atomic E-state index is 12.1. The lowest BCUT2D eigenvalue weighted by Gasteiger charge is -2.03. The number of benzene rings is 2. The molecule has 0 unspecified atom stereocenters. The van der Waals surface area contributed by atoms with Gasteiger partial charge < -0.3 is 9.15 Å². The lowest BCUT2D eigenvalue weighted by Crippen LogP contribution is -2.11. The molecular formula is C16H12BrNO3. The van der Waals surface area contributed by atoms with Gasteiger partial charge in [-0.2, -0.15) is 0 Å². The van der Waals surface area contributed by atoms with Crippen molar-refractivity contribution in [2.75, 3.05) is 7.11 Å².